The van der Waals surface area contributed by atoms with E-state index in [1.54, 1.807) is 36.8 Å². The Morgan fingerprint density at radius 1 is 1.13 bits per heavy atom. The lowest BCUT2D eigenvalue weighted by Gasteiger charge is -2.08. The van der Waals surface area contributed by atoms with E-state index in [9.17, 15) is 9.59 Å². The molecule has 0 aliphatic carbocycles. The highest BCUT2D eigenvalue weighted by Gasteiger charge is 2.11. The zero-order chi connectivity index (χ0) is 21.1. The number of fused-ring (bicyclic) bond motifs is 1. The van der Waals surface area contributed by atoms with Crippen LogP contribution in [0.2, 0.25) is 0 Å². The largest absolute Gasteiger partial charge is 0.456 e. The monoisotopic (exact) mass is 401 g/mol. The van der Waals surface area contributed by atoms with Crippen molar-refractivity contribution in [3.05, 3.63) is 88.1 Å². The maximum atomic E-state index is 12.6. The van der Waals surface area contributed by atoms with Crippen LogP contribution < -0.4 is 10.7 Å². The summed E-state index contributed by atoms with van der Waals surface area (Å²) in [5.41, 5.74) is 3.80. The smallest absolute Gasteiger partial charge is 0.251 e. The second-order valence-corrected chi connectivity index (χ2v) is 7.42. The predicted molar refractivity (Wildman–Crippen MR) is 117 cm³/mol. The fourth-order valence-electron chi connectivity index (χ4n) is 3.52. The van der Waals surface area contributed by atoms with Gasteiger partial charge in [0.05, 0.1) is 11.7 Å². The van der Waals surface area contributed by atoms with Gasteiger partial charge in [0.2, 0.25) is 0 Å². The molecule has 0 aliphatic rings. The third kappa shape index (κ3) is 4.17. The minimum atomic E-state index is -0.126. The molecular weight excluding hydrogens is 378 g/mol. The molecule has 152 valence electrons. The first-order valence-electron chi connectivity index (χ1n) is 9.91. The fourth-order valence-corrected chi connectivity index (χ4v) is 3.52. The van der Waals surface area contributed by atoms with E-state index in [-0.39, 0.29) is 11.3 Å². The minimum Gasteiger partial charge on any atom is -0.456 e. The Morgan fingerprint density at radius 2 is 1.93 bits per heavy atom. The van der Waals surface area contributed by atoms with Gasteiger partial charge in [0.25, 0.3) is 5.91 Å². The van der Waals surface area contributed by atoms with E-state index in [0.29, 0.717) is 28.8 Å². The van der Waals surface area contributed by atoms with Crippen molar-refractivity contribution in [2.45, 2.75) is 26.8 Å². The Balaban J connectivity index is 1.46. The lowest BCUT2D eigenvalue weighted by molar-refractivity contribution is 0.0952. The molecule has 4 aromatic rings. The number of carbonyl (C=O) groups is 1. The molecule has 0 saturated carbocycles. The molecule has 0 radical (unpaired) electrons. The van der Waals surface area contributed by atoms with Crippen LogP contribution in [0.5, 0.6) is 0 Å². The Labute approximate surface area is 174 Å². The van der Waals surface area contributed by atoms with Crippen LogP contribution in [0.3, 0.4) is 0 Å². The number of amides is 1. The van der Waals surface area contributed by atoms with Crippen molar-refractivity contribution in [2.24, 2.45) is 0 Å². The van der Waals surface area contributed by atoms with Crippen LogP contribution in [-0.2, 0) is 6.54 Å². The Bertz CT molecular complexity index is 1240. The number of rotatable bonds is 6. The summed E-state index contributed by atoms with van der Waals surface area (Å²) in [5, 5.41) is 3.51. The van der Waals surface area contributed by atoms with Crippen LogP contribution in [0.1, 0.15) is 27.9 Å². The number of nitrogens with one attached hydrogen (secondary N) is 1. The molecule has 30 heavy (non-hydrogen) atoms. The molecular formula is C24H23N3O3. The van der Waals surface area contributed by atoms with Gasteiger partial charge in [-0.2, -0.15) is 0 Å². The van der Waals surface area contributed by atoms with Crippen LogP contribution in [0.15, 0.2) is 70.4 Å². The van der Waals surface area contributed by atoms with Crippen LogP contribution in [-0.4, -0.2) is 22.0 Å². The molecule has 1 amide bonds. The number of imidazole rings is 1. The van der Waals surface area contributed by atoms with E-state index in [1.165, 1.54) is 6.07 Å². The van der Waals surface area contributed by atoms with Crippen LogP contribution in [0, 0.1) is 13.8 Å². The highest BCUT2D eigenvalue weighted by atomic mass is 16.3. The SMILES string of the molecule is Cc1cc(C)c2oc(-c3ccc(C(=O)NCCCn4ccnc4)cc3)cc(=O)c2c1. The maximum absolute atomic E-state index is 12.6. The molecule has 2 aromatic heterocycles. The first-order chi connectivity index (χ1) is 14.5. The molecule has 0 spiro atoms. The summed E-state index contributed by atoms with van der Waals surface area (Å²) < 4.78 is 8.00. The lowest BCUT2D eigenvalue weighted by Crippen LogP contribution is -2.25. The number of aryl methyl sites for hydroxylation is 3. The third-order valence-electron chi connectivity index (χ3n) is 5.03. The molecule has 1 N–H and O–H groups in total. The average Bonchev–Trinajstić information content (AvgIpc) is 3.25. The normalized spacial score (nSPS) is 11.0. The molecule has 0 saturated heterocycles. The van der Waals surface area contributed by atoms with Crippen molar-refractivity contribution >= 4 is 16.9 Å². The number of aromatic nitrogens is 2. The van der Waals surface area contributed by atoms with Crippen LogP contribution in [0.4, 0.5) is 0 Å². The highest BCUT2D eigenvalue weighted by Crippen LogP contribution is 2.25. The summed E-state index contributed by atoms with van der Waals surface area (Å²) >= 11 is 0. The van der Waals surface area contributed by atoms with Gasteiger partial charge in [-0.05, 0) is 49.6 Å². The molecule has 2 aromatic carbocycles. The number of hydrogen-bond donors (Lipinski definition) is 1. The van der Waals surface area contributed by atoms with Crippen LogP contribution >= 0.6 is 0 Å². The summed E-state index contributed by atoms with van der Waals surface area (Å²) in [6, 6.07) is 12.4. The van der Waals surface area contributed by atoms with Crippen molar-refractivity contribution in [3.8, 4) is 11.3 Å². The van der Waals surface area contributed by atoms with Gasteiger partial charge in [-0.3, -0.25) is 9.59 Å². The topological polar surface area (TPSA) is 77.1 Å². The minimum absolute atomic E-state index is 0.0715. The third-order valence-corrected chi connectivity index (χ3v) is 5.03. The Morgan fingerprint density at radius 3 is 2.67 bits per heavy atom. The van der Waals surface area contributed by atoms with Gasteiger partial charge in [-0.15, -0.1) is 0 Å². The maximum Gasteiger partial charge on any atom is 0.251 e. The quantitative estimate of drug-likeness (QED) is 0.494. The van der Waals surface area contributed by atoms with Gasteiger partial charge in [0.15, 0.2) is 5.43 Å². The standard InChI is InChI=1S/C24H23N3O3/c1-16-12-17(2)23-20(13-16)21(28)14-22(30-23)18-4-6-19(7-5-18)24(29)26-8-3-10-27-11-9-25-15-27/h4-7,9,11-15H,3,8,10H2,1-2H3,(H,26,29). The first-order valence-corrected chi connectivity index (χ1v) is 9.91. The molecule has 0 atom stereocenters. The molecule has 0 unspecified atom stereocenters. The second-order valence-electron chi connectivity index (χ2n) is 7.42. The number of nitrogens with zero attached hydrogens (tertiary/aromatic N) is 2. The molecule has 0 bridgehead atoms. The van der Waals surface area contributed by atoms with E-state index in [0.717, 1.165) is 29.7 Å². The molecule has 6 heteroatoms. The lowest BCUT2D eigenvalue weighted by atomic mass is 10.1. The summed E-state index contributed by atoms with van der Waals surface area (Å²) in [7, 11) is 0. The zero-order valence-corrected chi connectivity index (χ0v) is 17.0. The van der Waals surface area contributed by atoms with E-state index in [1.807, 2.05) is 36.7 Å². The Kier molecular flexibility index (Phi) is 5.48. The van der Waals surface area contributed by atoms with Crippen molar-refractivity contribution in [1.29, 1.82) is 0 Å². The zero-order valence-electron chi connectivity index (χ0n) is 17.0. The Hall–Kier alpha value is -3.67. The van der Waals surface area contributed by atoms with Crippen molar-refractivity contribution in [3.63, 3.8) is 0 Å². The van der Waals surface area contributed by atoms with Gasteiger partial charge < -0.3 is 14.3 Å². The number of benzene rings is 2. The molecule has 6 nitrogen and oxygen atoms in total. The van der Waals surface area contributed by atoms with Crippen LogP contribution in [0.25, 0.3) is 22.3 Å². The van der Waals surface area contributed by atoms with Crippen molar-refractivity contribution in [2.75, 3.05) is 6.54 Å². The molecule has 4 rings (SSSR count). The fraction of sp³-hybridized carbons (Fsp3) is 0.208. The van der Waals surface area contributed by atoms with Crippen molar-refractivity contribution in [1.82, 2.24) is 14.9 Å². The van der Waals surface area contributed by atoms with Gasteiger partial charge in [0, 0.05) is 42.7 Å². The molecule has 2 heterocycles. The molecule has 0 aliphatic heterocycles. The second kappa shape index (κ2) is 8.37. The predicted octanol–water partition coefficient (Wildman–Crippen LogP) is 4.09. The van der Waals surface area contributed by atoms with E-state index < -0.39 is 0 Å². The summed E-state index contributed by atoms with van der Waals surface area (Å²) in [4.78, 5) is 28.9. The summed E-state index contributed by atoms with van der Waals surface area (Å²) in [5.74, 6) is 0.366. The summed E-state index contributed by atoms with van der Waals surface area (Å²) in [6.45, 7) is 5.28. The molecule has 0 fully saturated rings. The van der Waals surface area contributed by atoms with E-state index >= 15 is 0 Å². The first kappa shape index (κ1) is 19.6. The van der Waals surface area contributed by atoms with Gasteiger partial charge in [-0.25, -0.2) is 4.98 Å². The van der Waals surface area contributed by atoms with E-state index in [4.69, 9.17) is 4.42 Å². The van der Waals surface area contributed by atoms with Gasteiger partial charge in [0.1, 0.15) is 11.3 Å². The van der Waals surface area contributed by atoms with E-state index in [2.05, 4.69) is 10.3 Å². The average molecular weight is 401 g/mol. The van der Waals surface area contributed by atoms with Gasteiger partial charge in [-0.1, -0.05) is 18.2 Å². The number of hydrogen-bond acceptors (Lipinski definition) is 4. The number of carbonyl (C=O) groups excluding carboxylic acids is 1. The summed E-state index contributed by atoms with van der Waals surface area (Å²) in [6.07, 6.45) is 6.21. The van der Waals surface area contributed by atoms with Gasteiger partial charge >= 0.3 is 0 Å². The van der Waals surface area contributed by atoms with Crippen molar-refractivity contribution < 1.29 is 9.21 Å². The highest BCUT2D eigenvalue weighted by molar-refractivity contribution is 5.94.